The van der Waals surface area contributed by atoms with Gasteiger partial charge in [-0.3, -0.25) is 4.79 Å². The summed E-state index contributed by atoms with van der Waals surface area (Å²) in [5.74, 6) is 1.73. The summed E-state index contributed by atoms with van der Waals surface area (Å²) in [5.41, 5.74) is 1.51. The van der Waals surface area contributed by atoms with Gasteiger partial charge in [-0.15, -0.1) is 0 Å². The molecule has 1 N–H and O–H groups in total. The Labute approximate surface area is 165 Å². The van der Waals surface area contributed by atoms with Crippen LogP contribution < -0.4 is 19.5 Å². The van der Waals surface area contributed by atoms with E-state index < -0.39 is 0 Å². The van der Waals surface area contributed by atoms with Crippen LogP contribution in [0.3, 0.4) is 0 Å². The molecule has 3 rings (SSSR count). The minimum absolute atomic E-state index is 0.155. The molecule has 1 heterocycles. The number of methoxy groups -OCH3 is 2. The van der Waals surface area contributed by atoms with E-state index in [1.54, 1.807) is 32.4 Å². The topological polar surface area (TPSA) is 66.0 Å². The van der Waals surface area contributed by atoms with Gasteiger partial charge in [0.2, 0.25) is 5.91 Å². The lowest BCUT2D eigenvalue weighted by Crippen LogP contribution is -2.16. The summed E-state index contributed by atoms with van der Waals surface area (Å²) < 4.78 is 21.8. The van der Waals surface area contributed by atoms with Gasteiger partial charge in [0.15, 0.2) is 11.5 Å². The fourth-order valence-electron chi connectivity index (χ4n) is 2.94. The molecule has 0 aliphatic carbocycles. The average Bonchev–Trinajstić information content (AvgIpc) is 3.24. The quantitative estimate of drug-likeness (QED) is 0.700. The Balaban J connectivity index is 1.56. The molecule has 1 aliphatic heterocycles. The number of ether oxygens (including phenoxy) is 4. The summed E-state index contributed by atoms with van der Waals surface area (Å²) in [6.45, 7) is 1.33. The highest BCUT2D eigenvalue weighted by Crippen LogP contribution is 2.28. The molecule has 1 fully saturated rings. The normalized spacial score (nSPS) is 16.1. The van der Waals surface area contributed by atoms with Crippen molar-refractivity contribution >= 4 is 17.7 Å². The Kier molecular flexibility index (Phi) is 6.92. The van der Waals surface area contributed by atoms with Gasteiger partial charge in [0.05, 0.1) is 20.3 Å². The van der Waals surface area contributed by atoms with Crippen molar-refractivity contribution in [3.8, 4) is 17.2 Å². The molecule has 2 aromatic carbocycles. The fraction of sp³-hybridized carbons (Fsp3) is 0.318. The molecule has 1 amide bonds. The molecule has 0 bridgehead atoms. The molecule has 1 unspecified atom stereocenters. The van der Waals surface area contributed by atoms with Gasteiger partial charge in [-0.2, -0.15) is 0 Å². The first-order chi connectivity index (χ1) is 13.7. The first-order valence-electron chi connectivity index (χ1n) is 9.23. The highest BCUT2D eigenvalue weighted by atomic mass is 16.5. The molecule has 1 aliphatic rings. The summed E-state index contributed by atoms with van der Waals surface area (Å²) in [6, 6.07) is 12.8. The molecule has 0 radical (unpaired) electrons. The zero-order valence-electron chi connectivity index (χ0n) is 16.1. The van der Waals surface area contributed by atoms with Crippen LogP contribution in [-0.2, 0) is 9.53 Å². The van der Waals surface area contributed by atoms with Crippen molar-refractivity contribution in [2.75, 3.05) is 32.8 Å². The van der Waals surface area contributed by atoms with E-state index in [9.17, 15) is 4.79 Å². The maximum absolute atomic E-state index is 12.2. The molecule has 6 nitrogen and oxygen atoms in total. The SMILES string of the molecule is COc1ccc(/C=C/C(=O)Nc2cccc(OCC3CCCO3)c2)cc1OC. The van der Waals surface area contributed by atoms with Crippen LogP contribution in [0, 0.1) is 0 Å². The predicted molar refractivity (Wildman–Crippen MR) is 108 cm³/mol. The van der Waals surface area contributed by atoms with E-state index in [1.165, 1.54) is 6.08 Å². The highest BCUT2D eigenvalue weighted by molar-refractivity contribution is 6.02. The van der Waals surface area contributed by atoms with Crippen LogP contribution in [0.15, 0.2) is 48.5 Å². The number of carbonyl (C=O) groups excluding carboxylic acids is 1. The molecule has 1 atom stereocenters. The van der Waals surface area contributed by atoms with Crippen molar-refractivity contribution in [1.29, 1.82) is 0 Å². The Morgan fingerprint density at radius 3 is 2.79 bits per heavy atom. The van der Waals surface area contributed by atoms with Crippen molar-refractivity contribution in [3.05, 3.63) is 54.1 Å². The molecule has 0 spiro atoms. The molecule has 148 valence electrons. The van der Waals surface area contributed by atoms with Gasteiger partial charge < -0.3 is 24.3 Å². The second kappa shape index (κ2) is 9.80. The van der Waals surface area contributed by atoms with Crippen molar-refractivity contribution in [2.24, 2.45) is 0 Å². The molecular weight excluding hydrogens is 358 g/mol. The number of carbonyl (C=O) groups is 1. The smallest absolute Gasteiger partial charge is 0.248 e. The van der Waals surface area contributed by atoms with E-state index in [0.717, 1.165) is 25.0 Å². The van der Waals surface area contributed by atoms with Crippen LogP contribution in [0.4, 0.5) is 5.69 Å². The van der Waals surface area contributed by atoms with Crippen LogP contribution >= 0.6 is 0 Å². The largest absolute Gasteiger partial charge is 0.493 e. The monoisotopic (exact) mass is 383 g/mol. The van der Waals surface area contributed by atoms with E-state index in [4.69, 9.17) is 18.9 Å². The summed E-state index contributed by atoms with van der Waals surface area (Å²) >= 11 is 0. The lowest BCUT2D eigenvalue weighted by atomic mass is 10.2. The summed E-state index contributed by atoms with van der Waals surface area (Å²) in [7, 11) is 3.16. The van der Waals surface area contributed by atoms with Crippen molar-refractivity contribution < 1.29 is 23.7 Å². The van der Waals surface area contributed by atoms with Crippen molar-refractivity contribution in [3.63, 3.8) is 0 Å². The number of benzene rings is 2. The molecule has 0 aromatic heterocycles. The Hall–Kier alpha value is -2.99. The first kappa shape index (κ1) is 19.8. The second-order valence-corrected chi connectivity index (χ2v) is 6.41. The fourth-order valence-corrected chi connectivity index (χ4v) is 2.94. The number of hydrogen-bond acceptors (Lipinski definition) is 5. The third-order valence-electron chi connectivity index (χ3n) is 4.40. The third kappa shape index (κ3) is 5.50. The zero-order valence-corrected chi connectivity index (χ0v) is 16.1. The Morgan fingerprint density at radius 1 is 1.18 bits per heavy atom. The van der Waals surface area contributed by atoms with Crippen molar-refractivity contribution in [2.45, 2.75) is 18.9 Å². The molecule has 2 aromatic rings. The van der Waals surface area contributed by atoms with E-state index in [2.05, 4.69) is 5.32 Å². The molecule has 28 heavy (non-hydrogen) atoms. The van der Waals surface area contributed by atoms with E-state index in [1.807, 2.05) is 30.3 Å². The van der Waals surface area contributed by atoms with Crippen molar-refractivity contribution in [1.82, 2.24) is 0 Å². The third-order valence-corrected chi connectivity index (χ3v) is 4.40. The van der Waals surface area contributed by atoms with Gasteiger partial charge in [0, 0.05) is 24.4 Å². The van der Waals surface area contributed by atoms with E-state index >= 15 is 0 Å². The van der Waals surface area contributed by atoms with Gasteiger partial charge in [0.25, 0.3) is 0 Å². The number of rotatable bonds is 8. The van der Waals surface area contributed by atoms with Gasteiger partial charge in [-0.1, -0.05) is 12.1 Å². The minimum Gasteiger partial charge on any atom is -0.493 e. The van der Waals surface area contributed by atoms with Crippen LogP contribution in [0.2, 0.25) is 0 Å². The van der Waals surface area contributed by atoms with Crippen LogP contribution in [0.25, 0.3) is 6.08 Å². The maximum Gasteiger partial charge on any atom is 0.248 e. The molecule has 0 saturated carbocycles. The van der Waals surface area contributed by atoms with Gasteiger partial charge in [-0.05, 0) is 48.7 Å². The number of nitrogens with one attached hydrogen (secondary N) is 1. The van der Waals surface area contributed by atoms with E-state index in [0.29, 0.717) is 29.5 Å². The summed E-state index contributed by atoms with van der Waals surface area (Å²) in [6.07, 6.45) is 5.45. The van der Waals surface area contributed by atoms with Gasteiger partial charge in [-0.25, -0.2) is 0 Å². The number of amides is 1. The Morgan fingerprint density at radius 2 is 2.04 bits per heavy atom. The van der Waals surface area contributed by atoms with Gasteiger partial charge >= 0.3 is 0 Å². The highest BCUT2D eigenvalue weighted by Gasteiger charge is 2.16. The van der Waals surface area contributed by atoms with E-state index in [-0.39, 0.29) is 12.0 Å². The van der Waals surface area contributed by atoms with Gasteiger partial charge in [0.1, 0.15) is 12.4 Å². The number of hydrogen-bond donors (Lipinski definition) is 1. The minimum atomic E-state index is -0.230. The summed E-state index contributed by atoms with van der Waals surface area (Å²) in [5, 5.41) is 2.84. The lowest BCUT2D eigenvalue weighted by Gasteiger charge is -2.12. The Bertz CT molecular complexity index is 827. The van der Waals surface area contributed by atoms with Crippen LogP contribution in [0.1, 0.15) is 18.4 Å². The predicted octanol–water partition coefficient (Wildman–Crippen LogP) is 3.91. The van der Waals surface area contributed by atoms with Crippen LogP contribution in [-0.4, -0.2) is 39.4 Å². The maximum atomic E-state index is 12.2. The lowest BCUT2D eigenvalue weighted by molar-refractivity contribution is -0.111. The zero-order chi connectivity index (χ0) is 19.8. The molecule has 1 saturated heterocycles. The molecule has 6 heteroatoms. The second-order valence-electron chi connectivity index (χ2n) is 6.41. The molecular formula is C22H25NO5. The summed E-state index contributed by atoms with van der Waals surface area (Å²) in [4.78, 5) is 12.2. The number of anilines is 1. The van der Waals surface area contributed by atoms with Crippen LogP contribution in [0.5, 0.6) is 17.2 Å². The average molecular weight is 383 g/mol. The standard InChI is InChI=1S/C22H25NO5/c1-25-20-10-8-16(13-21(20)26-2)9-11-22(24)23-17-5-3-6-18(14-17)28-15-19-7-4-12-27-19/h3,5-6,8-11,13-14,19H,4,7,12,15H2,1-2H3,(H,23,24)/b11-9+. The first-order valence-corrected chi connectivity index (χ1v) is 9.23.